The first-order chi connectivity index (χ1) is 14.5. The lowest BCUT2D eigenvalue weighted by molar-refractivity contribution is -0.126. The second-order valence-corrected chi connectivity index (χ2v) is 7.61. The van der Waals surface area contributed by atoms with Crippen LogP contribution < -0.4 is 15.5 Å². The Bertz CT molecular complexity index is 1110. The van der Waals surface area contributed by atoms with E-state index in [0.29, 0.717) is 29.4 Å². The minimum atomic E-state index is -0.430. The maximum absolute atomic E-state index is 12.5. The number of carbonyl (C=O) groups excluding carboxylic acids is 3. The predicted octanol–water partition coefficient (Wildman–Crippen LogP) is 2.72. The molecular weight excluding hydrogens is 404 g/mol. The Morgan fingerprint density at radius 2 is 1.90 bits per heavy atom. The summed E-state index contributed by atoms with van der Waals surface area (Å²) in [6.45, 7) is 0.895. The van der Waals surface area contributed by atoms with E-state index < -0.39 is 5.92 Å². The van der Waals surface area contributed by atoms with Crippen LogP contribution in [0.1, 0.15) is 16.8 Å². The fourth-order valence-corrected chi connectivity index (χ4v) is 3.85. The number of nitrogens with zero attached hydrogens (tertiary/aromatic N) is 1. The number of H-pyrrole nitrogens is 1. The minimum Gasteiger partial charge on any atom is -0.361 e. The molecule has 1 fully saturated rings. The van der Waals surface area contributed by atoms with Crippen molar-refractivity contribution in [2.24, 2.45) is 5.92 Å². The van der Waals surface area contributed by atoms with E-state index in [0.717, 1.165) is 10.9 Å². The van der Waals surface area contributed by atoms with Gasteiger partial charge in [0.25, 0.3) is 5.91 Å². The summed E-state index contributed by atoms with van der Waals surface area (Å²) in [5, 5.41) is 7.01. The lowest BCUT2D eigenvalue weighted by Crippen LogP contribution is -2.38. The zero-order chi connectivity index (χ0) is 21.1. The lowest BCUT2D eigenvalue weighted by Gasteiger charge is -2.17. The maximum atomic E-state index is 12.5. The minimum absolute atomic E-state index is 0.106. The van der Waals surface area contributed by atoms with Crippen LogP contribution in [0.25, 0.3) is 10.9 Å². The SMILES string of the molecule is O=C(NCCNC(=O)[C@@H]1CC(=O)N(c2cccc(Cl)c2)C1)c1cccc2[nH]ccc12. The van der Waals surface area contributed by atoms with E-state index in [2.05, 4.69) is 15.6 Å². The van der Waals surface area contributed by atoms with Crippen LogP contribution in [0.2, 0.25) is 5.02 Å². The van der Waals surface area contributed by atoms with Crippen molar-refractivity contribution in [3.63, 3.8) is 0 Å². The van der Waals surface area contributed by atoms with E-state index in [4.69, 9.17) is 11.6 Å². The molecule has 1 aliphatic rings. The molecule has 0 radical (unpaired) electrons. The van der Waals surface area contributed by atoms with Crippen molar-refractivity contribution in [1.82, 2.24) is 15.6 Å². The Hall–Kier alpha value is -3.32. The molecule has 4 rings (SSSR count). The van der Waals surface area contributed by atoms with Crippen LogP contribution in [0, 0.1) is 5.92 Å². The number of carbonyl (C=O) groups is 3. The molecule has 154 valence electrons. The van der Waals surface area contributed by atoms with Crippen LogP contribution in [0.5, 0.6) is 0 Å². The van der Waals surface area contributed by atoms with Gasteiger partial charge in [-0.1, -0.05) is 23.7 Å². The van der Waals surface area contributed by atoms with Gasteiger partial charge in [-0.15, -0.1) is 0 Å². The summed E-state index contributed by atoms with van der Waals surface area (Å²) in [7, 11) is 0. The van der Waals surface area contributed by atoms with Crippen LogP contribution in [0.15, 0.2) is 54.7 Å². The van der Waals surface area contributed by atoms with Crippen molar-refractivity contribution in [2.75, 3.05) is 24.5 Å². The highest BCUT2D eigenvalue weighted by Gasteiger charge is 2.35. The number of benzene rings is 2. The zero-order valence-electron chi connectivity index (χ0n) is 16.2. The maximum Gasteiger partial charge on any atom is 0.252 e. The third-order valence-electron chi connectivity index (χ3n) is 5.17. The number of hydrogen-bond acceptors (Lipinski definition) is 3. The van der Waals surface area contributed by atoms with E-state index in [1.807, 2.05) is 18.2 Å². The van der Waals surface area contributed by atoms with Crippen LogP contribution in [0.3, 0.4) is 0 Å². The topological polar surface area (TPSA) is 94.3 Å². The molecule has 0 aliphatic carbocycles. The molecule has 3 N–H and O–H groups in total. The monoisotopic (exact) mass is 424 g/mol. The van der Waals surface area contributed by atoms with Gasteiger partial charge < -0.3 is 20.5 Å². The second kappa shape index (κ2) is 8.59. The molecule has 0 saturated carbocycles. The quantitative estimate of drug-likeness (QED) is 0.531. The molecule has 2 heterocycles. The molecule has 1 atom stereocenters. The average molecular weight is 425 g/mol. The molecule has 8 heteroatoms. The Labute approximate surface area is 178 Å². The number of hydrogen-bond donors (Lipinski definition) is 3. The van der Waals surface area contributed by atoms with Gasteiger partial charge in [-0.05, 0) is 36.4 Å². The number of fused-ring (bicyclic) bond motifs is 1. The van der Waals surface area contributed by atoms with E-state index >= 15 is 0 Å². The smallest absolute Gasteiger partial charge is 0.252 e. The summed E-state index contributed by atoms with van der Waals surface area (Å²) in [5.41, 5.74) is 2.17. The molecule has 1 aromatic heterocycles. The zero-order valence-corrected chi connectivity index (χ0v) is 16.9. The van der Waals surface area contributed by atoms with Crippen LogP contribution in [-0.2, 0) is 9.59 Å². The molecule has 1 aliphatic heterocycles. The molecule has 3 aromatic rings. The predicted molar refractivity (Wildman–Crippen MR) is 116 cm³/mol. The fourth-order valence-electron chi connectivity index (χ4n) is 3.66. The normalized spacial score (nSPS) is 16.1. The Morgan fingerprint density at radius 1 is 1.10 bits per heavy atom. The summed E-state index contributed by atoms with van der Waals surface area (Å²) in [4.78, 5) is 41.8. The van der Waals surface area contributed by atoms with Crippen molar-refractivity contribution in [3.05, 3.63) is 65.3 Å². The van der Waals surface area contributed by atoms with Crippen LogP contribution in [-0.4, -0.2) is 42.3 Å². The number of halogens is 1. The molecule has 30 heavy (non-hydrogen) atoms. The molecule has 1 saturated heterocycles. The third-order valence-corrected chi connectivity index (χ3v) is 5.40. The Morgan fingerprint density at radius 3 is 2.73 bits per heavy atom. The van der Waals surface area contributed by atoms with Crippen molar-refractivity contribution in [3.8, 4) is 0 Å². The van der Waals surface area contributed by atoms with Crippen LogP contribution >= 0.6 is 11.6 Å². The van der Waals surface area contributed by atoms with Gasteiger partial charge >= 0.3 is 0 Å². The summed E-state index contributed by atoms with van der Waals surface area (Å²) >= 11 is 6.00. The van der Waals surface area contributed by atoms with Gasteiger partial charge in [-0.2, -0.15) is 0 Å². The number of amides is 3. The van der Waals surface area contributed by atoms with Crippen molar-refractivity contribution in [2.45, 2.75) is 6.42 Å². The second-order valence-electron chi connectivity index (χ2n) is 7.18. The number of anilines is 1. The Balaban J connectivity index is 1.27. The molecule has 2 aromatic carbocycles. The summed E-state index contributed by atoms with van der Waals surface area (Å²) in [5.74, 6) is -0.932. The first-order valence-corrected chi connectivity index (χ1v) is 10.1. The van der Waals surface area contributed by atoms with Gasteiger partial charge in [0, 0.05) is 59.4 Å². The molecule has 3 amide bonds. The van der Waals surface area contributed by atoms with E-state index in [1.165, 1.54) is 0 Å². The molecule has 0 spiro atoms. The van der Waals surface area contributed by atoms with Gasteiger partial charge in [0.15, 0.2) is 0 Å². The highest BCUT2D eigenvalue weighted by atomic mass is 35.5. The highest BCUT2D eigenvalue weighted by molar-refractivity contribution is 6.31. The van der Waals surface area contributed by atoms with Crippen molar-refractivity contribution in [1.29, 1.82) is 0 Å². The van der Waals surface area contributed by atoms with Crippen LogP contribution in [0.4, 0.5) is 5.69 Å². The standard InChI is InChI=1S/C22H21ClN4O3/c23-15-3-1-4-16(12-15)27-13-14(11-20(27)28)21(29)25-9-10-26-22(30)18-5-2-6-19-17(18)7-8-24-19/h1-8,12,14,24H,9-11,13H2,(H,25,29)(H,26,30)/t14-/m1/s1. The number of aromatic nitrogens is 1. The van der Waals surface area contributed by atoms with Crippen molar-refractivity contribution >= 4 is 45.9 Å². The summed E-state index contributed by atoms with van der Waals surface area (Å²) in [6, 6.07) is 14.4. The summed E-state index contributed by atoms with van der Waals surface area (Å²) in [6.07, 6.45) is 1.94. The molecular formula is C22H21ClN4O3. The average Bonchev–Trinajstić information content (AvgIpc) is 3.37. The Kier molecular flexibility index (Phi) is 5.72. The van der Waals surface area contributed by atoms with Gasteiger partial charge in [-0.25, -0.2) is 0 Å². The third kappa shape index (κ3) is 4.16. The molecule has 0 bridgehead atoms. The van der Waals surface area contributed by atoms with Gasteiger partial charge in [0.2, 0.25) is 11.8 Å². The van der Waals surface area contributed by atoms with E-state index in [1.54, 1.807) is 41.4 Å². The van der Waals surface area contributed by atoms with Crippen molar-refractivity contribution < 1.29 is 14.4 Å². The highest BCUT2D eigenvalue weighted by Crippen LogP contribution is 2.27. The fraction of sp³-hybridized carbons (Fsp3) is 0.227. The van der Waals surface area contributed by atoms with Gasteiger partial charge in [0.1, 0.15) is 0 Å². The molecule has 7 nitrogen and oxygen atoms in total. The first kappa shape index (κ1) is 20.0. The molecule has 0 unspecified atom stereocenters. The number of rotatable bonds is 6. The van der Waals surface area contributed by atoms with Gasteiger partial charge in [-0.3, -0.25) is 14.4 Å². The van der Waals surface area contributed by atoms with Gasteiger partial charge in [0.05, 0.1) is 5.92 Å². The first-order valence-electron chi connectivity index (χ1n) is 9.71. The largest absolute Gasteiger partial charge is 0.361 e. The van der Waals surface area contributed by atoms with E-state index in [-0.39, 0.29) is 30.7 Å². The summed E-state index contributed by atoms with van der Waals surface area (Å²) < 4.78 is 0. The number of aromatic amines is 1. The number of nitrogens with one attached hydrogen (secondary N) is 3. The van der Waals surface area contributed by atoms with E-state index in [9.17, 15) is 14.4 Å². The lowest BCUT2D eigenvalue weighted by atomic mass is 10.1.